The molecule has 2 aromatic carbocycles. The third-order valence-electron chi connectivity index (χ3n) is 4.50. The third kappa shape index (κ3) is 3.65. The normalized spacial score (nSPS) is 11.2. The van der Waals surface area contributed by atoms with Crippen molar-refractivity contribution in [3.63, 3.8) is 0 Å². The Morgan fingerprint density at radius 2 is 1.53 bits per heavy atom. The number of methoxy groups -OCH3 is 4. The Bertz CT molecular complexity index is 1110. The number of aryl methyl sites for hydroxylation is 1. The summed E-state index contributed by atoms with van der Waals surface area (Å²) in [5, 5.41) is 0.402. The lowest BCUT2D eigenvalue weighted by atomic mass is 9.99. The van der Waals surface area contributed by atoms with E-state index >= 15 is 0 Å². The van der Waals surface area contributed by atoms with Crippen molar-refractivity contribution < 1.29 is 42.1 Å². The number of carbonyl (C=O) groups excluding carboxylic acids is 1. The maximum absolute atomic E-state index is 13.4. The predicted molar refractivity (Wildman–Crippen MR) is 107 cm³/mol. The van der Waals surface area contributed by atoms with E-state index in [2.05, 4.69) is 0 Å². The summed E-state index contributed by atoms with van der Waals surface area (Å²) in [5.74, 6) is 1.08. The van der Waals surface area contributed by atoms with E-state index in [1.807, 2.05) is 0 Å². The first-order valence-corrected chi connectivity index (χ1v) is 9.78. The van der Waals surface area contributed by atoms with E-state index < -0.39 is 8.25 Å². The number of furan rings is 1. The summed E-state index contributed by atoms with van der Waals surface area (Å²) in [5.41, 5.74) is 0.668. The maximum Gasteiger partial charge on any atom is 0.747 e. The van der Waals surface area contributed by atoms with E-state index in [9.17, 15) is 14.3 Å². The van der Waals surface area contributed by atoms with E-state index in [4.69, 9.17) is 27.9 Å². The molecular formula is C20H20O9P+. The maximum atomic E-state index is 13.4. The van der Waals surface area contributed by atoms with Gasteiger partial charge in [0.25, 0.3) is 5.75 Å². The molecule has 0 spiro atoms. The molecule has 30 heavy (non-hydrogen) atoms. The summed E-state index contributed by atoms with van der Waals surface area (Å²) >= 11 is 0. The molecule has 0 bridgehead atoms. The Morgan fingerprint density at radius 3 is 2.03 bits per heavy atom. The van der Waals surface area contributed by atoms with E-state index in [-0.39, 0.29) is 34.0 Å². The minimum atomic E-state index is -2.97. The first-order valence-electron chi connectivity index (χ1n) is 8.65. The zero-order valence-electron chi connectivity index (χ0n) is 17.0. The Kier molecular flexibility index (Phi) is 6.14. The van der Waals surface area contributed by atoms with Crippen molar-refractivity contribution in [3.05, 3.63) is 41.2 Å². The topological polar surface area (TPSA) is 114 Å². The van der Waals surface area contributed by atoms with Crippen LogP contribution in [0, 0.1) is 6.92 Å². The second-order valence-corrected chi connectivity index (χ2v) is 6.74. The van der Waals surface area contributed by atoms with Crippen LogP contribution in [0.15, 0.2) is 28.7 Å². The lowest BCUT2D eigenvalue weighted by Gasteiger charge is -2.13. The molecule has 1 atom stereocenters. The standard InChI is InChI=1S/C20H19O9P/c1-10-16(12-6-7-13(24-2)20(18(12)28-10)29-30(22)23)17(21)11-8-14(25-3)19(27-5)15(9-11)26-4/h6-9H,1-5H3/p+1. The molecule has 1 N–H and O–H groups in total. The molecule has 1 unspecified atom stereocenters. The highest BCUT2D eigenvalue weighted by atomic mass is 31.1. The van der Waals surface area contributed by atoms with Crippen LogP contribution in [0.5, 0.6) is 28.7 Å². The van der Waals surface area contributed by atoms with Crippen LogP contribution in [0.25, 0.3) is 11.0 Å². The van der Waals surface area contributed by atoms with Gasteiger partial charge in [0.2, 0.25) is 5.75 Å². The van der Waals surface area contributed by atoms with Crippen molar-refractivity contribution >= 4 is 25.0 Å². The van der Waals surface area contributed by atoms with Crippen molar-refractivity contribution in [2.45, 2.75) is 6.92 Å². The summed E-state index contributed by atoms with van der Waals surface area (Å²) in [6.45, 7) is 1.61. The van der Waals surface area contributed by atoms with Crippen LogP contribution in [-0.2, 0) is 4.57 Å². The fraction of sp³-hybridized carbons (Fsp3) is 0.250. The van der Waals surface area contributed by atoms with Gasteiger partial charge in [-0.3, -0.25) is 4.79 Å². The largest absolute Gasteiger partial charge is 0.747 e. The number of rotatable bonds is 8. The summed E-state index contributed by atoms with van der Waals surface area (Å²) < 4.78 is 43.1. The number of hydrogen-bond acceptors (Lipinski definition) is 8. The van der Waals surface area contributed by atoms with E-state index in [0.717, 1.165) is 0 Å². The fourth-order valence-electron chi connectivity index (χ4n) is 3.20. The molecule has 0 aliphatic heterocycles. The van der Waals surface area contributed by atoms with Gasteiger partial charge in [-0.25, -0.2) is 4.52 Å². The number of ether oxygens (including phenoxy) is 4. The summed E-state index contributed by atoms with van der Waals surface area (Å²) in [6, 6.07) is 6.21. The second kappa shape index (κ2) is 8.61. The minimum absolute atomic E-state index is 0.0642. The van der Waals surface area contributed by atoms with Crippen LogP contribution in [0.4, 0.5) is 0 Å². The Hall–Kier alpha value is -3.29. The van der Waals surface area contributed by atoms with Crippen LogP contribution in [0.1, 0.15) is 21.7 Å². The molecule has 1 aromatic heterocycles. The Labute approximate surface area is 173 Å². The first-order chi connectivity index (χ1) is 14.4. The van der Waals surface area contributed by atoms with Gasteiger partial charge in [0.15, 0.2) is 28.6 Å². The summed E-state index contributed by atoms with van der Waals surface area (Å²) in [7, 11) is 2.79. The van der Waals surface area contributed by atoms with Crippen LogP contribution < -0.4 is 23.5 Å². The van der Waals surface area contributed by atoms with Gasteiger partial charge >= 0.3 is 8.25 Å². The molecule has 9 nitrogen and oxygen atoms in total. The summed E-state index contributed by atoms with van der Waals surface area (Å²) in [6.07, 6.45) is 0. The molecular weight excluding hydrogens is 415 g/mol. The highest BCUT2D eigenvalue weighted by molar-refractivity contribution is 7.32. The van der Waals surface area contributed by atoms with Crippen LogP contribution in [0.2, 0.25) is 0 Å². The van der Waals surface area contributed by atoms with Crippen LogP contribution >= 0.6 is 8.25 Å². The molecule has 3 aromatic rings. The van der Waals surface area contributed by atoms with Gasteiger partial charge in [0.05, 0.1) is 34.0 Å². The van der Waals surface area contributed by atoms with E-state index in [1.165, 1.54) is 46.6 Å². The smallest absolute Gasteiger partial charge is 0.493 e. The molecule has 158 valence electrons. The van der Waals surface area contributed by atoms with Crippen molar-refractivity contribution in [2.24, 2.45) is 0 Å². The fourth-order valence-corrected chi connectivity index (χ4v) is 3.53. The Balaban J connectivity index is 2.21. The molecule has 0 amide bonds. The lowest BCUT2D eigenvalue weighted by molar-refractivity contribution is 0.103. The van der Waals surface area contributed by atoms with Crippen molar-refractivity contribution in [1.82, 2.24) is 0 Å². The SMILES string of the molecule is COc1cc(C(=O)c2c(C)oc3c(O[P+](=O)O)c(OC)ccc23)cc(OC)c1OC. The van der Waals surface area contributed by atoms with E-state index in [1.54, 1.807) is 13.0 Å². The number of hydrogen-bond donors (Lipinski definition) is 1. The number of fused-ring (bicyclic) bond motifs is 1. The molecule has 0 radical (unpaired) electrons. The third-order valence-corrected chi connectivity index (χ3v) is 4.83. The van der Waals surface area contributed by atoms with Crippen LogP contribution in [-0.4, -0.2) is 39.1 Å². The van der Waals surface area contributed by atoms with Gasteiger partial charge < -0.3 is 23.4 Å². The number of ketones is 1. The van der Waals surface area contributed by atoms with Crippen molar-refractivity contribution in [1.29, 1.82) is 0 Å². The lowest BCUT2D eigenvalue weighted by Crippen LogP contribution is -2.05. The quantitative estimate of drug-likeness (QED) is 0.414. The first kappa shape index (κ1) is 21.4. The average molecular weight is 435 g/mol. The molecule has 0 saturated heterocycles. The molecule has 10 heteroatoms. The van der Waals surface area contributed by atoms with Crippen molar-refractivity contribution in [2.75, 3.05) is 28.4 Å². The monoisotopic (exact) mass is 435 g/mol. The van der Waals surface area contributed by atoms with Crippen LogP contribution in [0.3, 0.4) is 0 Å². The highest BCUT2D eigenvalue weighted by Gasteiger charge is 2.29. The zero-order chi connectivity index (χ0) is 22.0. The Morgan fingerprint density at radius 1 is 0.933 bits per heavy atom. The zero-order valence-corrected chi connectivity index (χ0v) is 17.9. The van der Waals surface area contributed by atoms with Gasteiger partial charge in [-0.1, -0.05) is 0 Å². The number of carbonyl (C=O) groups is 1. The highest BCUT2D eigenvalue weighted by Crippen LogP contribution is 2.44. The molecule has 3 rings (SSSR count). The molecule has 0 fully saturated rings. The minimum Gasteiger partial charge on any atom is -0.493 e. The molecule has 0 aliphatic carbocycles. The molecule has 1 heterocycles. The van der Waals surface area contributed by atoms with Crippen molar-refractivity contribution in [3.8, 4) is 28.7 Å². The summed E-state index contributed by atoms with van der Waals surface area (Å²) in [4.78, 5) is 22.6. The molecule has 0 aliphatic rings. The molecule has 0 saturated carbocycles. The van der Waals surface area contributed by atoms with Gasteiger partial charge in [0, 0.05) is 15.5 Å². The predicted octanol–water partition coefficient (Wildman–Crippen LogP) is 4.04. The van der Waals surface area contributed by atoms with E-state index in [0.29, 0.717) is 28.4 Å². The van der Waals surface area contributed by atoms with Gasteiger partial charge in [-0.2, -0.15) is 0 Å². The van der Waals surface area contributed by atoms with Gasteiger partial charge in [-0.15, -0.1) is 4.89 Å². The van der Waals surface area contributed by atoms with Gasteiger partial charge in [-0.05, 0) is 31.2 Å². The second-order valence-electron chi connectivity index (χ2n) is 6.08. The average Bonchev–Trinajstić information content (AvgIpc) is 3.08. The number of benzene rings is 2. The van der Waals surface area contributed by atoms with Gasteiger partial charge in [0.1, 0.15) is 5.76 Å².